The van der Waals surface area contributed by atoms with Gasteiger partial charge in [-0.3, -0.25) is 0 Å². The summed E-state index contributed by atoms with van der Waals surface area (Å²) >= 11 is 12.0. The predicted molar refractivity (Wildman–Crippen MR) is 81.5 cm³/mol. The zero-order valence-electron chi connectivity index (χ0n) is 10.8. The molecule has 0 amide bonds. The molecule has 0 radical (unpaired) electrons. The van der Waals surface area contributed by atoms with Crippen molar-refractivity contribution in [1.29, 1.82) is 0 Å². The van der Waals surface area contributed by atoms with Gasteiger partial charge < -0.3 is 10.1 Å². The molecule has 0 bridgehead atoms. The largest absolute Gasteiger partial charge is 0.495 e. The van der Waals surface area contributed by atoms with Crippen LogP contribution in [0, 0.1) is 6.92 Å². The standard InChI is InChI=1S/C15H15Cl2NO/c1-10-3-6-14(15(7-10)19-2)18-9-11-4-5-12(16)8-13(11)17/h3-8,18H,9H2,1-2H3. The lowest BCUT2D eigenvalue weighted by Crippen LogP contribution is -2.02. The van der Waals surface area contributed by atoms with Crippen LogP contribution in [0.15, 0.2) is 36.4 Å². The second-order valence-corrected chi connectivity index (χ2v) is 5.14. The third-order valence-electron chi connectivity index (χ3n) is 2.84. The highest BCUT2D eigenvalue weighted by molar-refractivity contribution is 6.35. The van der Waals surface area contributed by atoms with Crippen molar-refractivity contribution in [3.8, 4) is 5.75 Å². The maximum atomic E-state index is 6.14. The van der Waals surface area contributed by atoms with E-state index in [0.29, 0.717) is 16.6 Å². The number of ether oxygens (including phenoxy) is 1. The molecule has 0 fully saturated rings. The highest BCUT2D eigenvalue weighted by atomic mass is 35.5. The number of rotatable bonds is 4. The van der Waals surface area contributed by atoms with Crippen LogP contribution in [0.1, 0.15) is 11.1 Å². The molecule has 0 aliphatic heterocycles. The van der Waals surface area contributed by atoms with E-state index < -0.39 is 0 Å². The van der Waals surface area contributed by atoms with E-state index in [2.05, 4.69) is 5.32 Å². The fourth-order valence-corrected chi connectivity index (χ4v) is 2.28. The van der Waals surface area contributed by atoms with Crippen LogP contribution in [0.2, 0.25) is 10.0 Å². The predicted octanol–water partition coefficient (Wildman–Crippen LogP) is 4.92. The molecule has 0 atom stereocenters. The Morgan fingerprint density at radius 1 is 1.11 bits per heavy atom. The smallest absolute Gasteiger partial charge is 0.142 e. The number of halogens is 2. The molecular weight excluding hydrogens is 281 g/mol. The molecule has 2 rings (SSSR count). The van der Waals surface area contributed by atoms with Crippen molar-refractivity contribution in [3.05, 3.63) is 57.6 Å². The van der Waals surface area contributed by atoms with E-state index in [9.17, 15) is 0 Å². The van der Waals surface area contributed by atoms with Gasteiger partial charge in [-0.15, -0.1) is 0 Å². The summed E-state index contributed by atoms with van der Waals surface area (Å²) in [5.74, 6) is 0.824. The molecule has 2 aromatic carbocycles. The van der Waals surface area contributed by atoms with Crippen LogP contribution in [0.5, 0.6) is 5.75 Å². The molecule has 0 aliphatic rings. The van der Waals surface area contributed by atoms with Crippen molar-refractivity contribution in [2.75, 3.05) is 12.4 Å². The van der Waals surface area contributed by atoms with Gasteiger partial charge in [0.25, 0.3) is 0 Å². The Labute approximate surface area is 123 Å². The van der Waals surface area contributed by atoms with Crippen LogP contribution in [0.3, 0.4) is 0 Å². The zero-order valence-corrected chi connectivity index (χ0v) is 12.3. The Bertz CT molecular complexity index is 584. The van der Waals surface area contributed by atoms with Gasteiger partial charge in [0.2, 0.25) is 0 Å². The van der Waals surface area contributed by atoms with Crippen LogP contribution in [-0.4, -0.2) is 7.11 Å². The number of methoxy groups -OCH3 is 1. The van der Waals surface area contributed by atoms with Crippen molar-refractivity contribution in [2.24, 2.45) is 0 Å². The summed E-state index contributed by atoms with van der Waals surface area (Å²) in [7, 11) is 1.66. The zero-order chi connectivity index (χ0) is 13.8. The Balaban J connectivity index is 2.14. The summed E-state index contributed by atoms with van der Waals surface area (Å²) in [5, 5.41) is 4.61. The fourth-order valence-electron chi connectivity index (χ4n) is 1.80. The van der Waals surface area contributed by atoms with Crippen molar-refractivity contribution >= 4 is 28.9 Å². The van der Waals surface area contributed by atoms with E-state index in [4.69, 9.17) is 27.9 Å². The maximum absolute atomic E-state index is 6.14. The minimum Gasteiger partial charge on any atom is -0.495 e. The number of benzene rings is 2. The number of nitrogens with one attached hydrogen (secondary N) is 1. The lowest BCUT2D eigenvalue weighted by Gasteiger charge is -2.12. The van der Waals surface area contributed by atoms with Gasteiger partial charge in [-0.1, -0.05) is 35.3 Å². The summed E-state index contributed by atoms with van der Waals surface area (Å²) in [6.07, 6.45) is 0. The van der Waals surface area contributed by atoms with Crippen LogP contribution in [0.4, 0.5) is 5.69 Å². The van der Waals surface area contributed by atoms with Crippen molar-refractivity contribution in [1.82, 2.24) is 0 Å². The molecule has 1 N–H and O–H groups in total. The highest BCUT2D eigenvalue weighted by Gasteiger charge is 2.05. The van der Waals surface area contributed by atoms with Gasteiger partial charge in [-0.2, -0.15) is 0 Å². The molecule has 0 aromatic heterocycles. The second kappa shape index (κ2) is 6.18. The molecule has 2 nitrogen and oxygen atoms in total. The first-order chi connectivity index (χ1) is 9.10. The average Bonchev–Trinajstić information content (AvgIpc) is 2.39. The molecule has 100 valence electrons. The monoisotopic (exact) mass is 295 g/mol. The summed E-state index contributed by atoms with van der Waals surface area (Å²) in [6, 6.07) is 11.5. The van der Waals surface area contributed by atoms with Crippen molar-refractivity contribution in [2.45, 2.75) is 13.5 Å². The van der Waals surface area contributed by atoms with Crippen LogP contribution in [-0.2, 0) is 6.54 Å². The summed E-state index contributed by atoms with van der Waals surface area (Å²) < 4.78 is 5.35. The van der Waals surface area contributed by atoms with Gasteiger partial charge >= 0.3 is 0 Å². The Kier molecular flexibility index (Phi) is 4.56. The molecule has 0 saturated carbocycles. The van der Waals surface area contributed by atoms with E-state index in [0.717, 1.165) is 22.6 Å². The van der Waals surface area contributed by atoms with E-state index in [1.165, 1.54) is 0 Å². The van der Waals surface area contributed by atoms with E-state index in [1.54, 1.807) is 13.2 Å². The number of hydrogen-bond donors (Lipinski definition) is 1. The molecular formula is C15H15Cl2NO. The highest BCUT2D eigenvalue weighted by Crippen LogP contribution is 2.27. The quantitative estimate of drug-likeness (QED) is 0.864. The van der Waals surface area contributed by atoms with Crippen LogP contribution >= 0.6 is 23.2 Å². The molecule has 0 aliphatic carbocycles. The summed E-state index contributed by atoms with van der Waals surface area (Å²) in [6.45, 7) is 2.65. The first kappa shape index (κ1) is 14.0. The minimum atomic E-state index is 0.620. The van der Waals surface area contributed by atoms with E-state index in [-0.39, 0.29) is 0 Å². The molecule has 2 aromatic rings. The van der Waals surface area contributed by atoms with Crippen LogP contribution < -0.4 is 10.1 Å². The Hall–Kier alpha value is -1.38. The topological polar surface area (TPSA) is 21.3 Å². The van der Waals surface area contributed by atoms with Crippen LogP contribution in [0.25, 0.3) is 0 Å². The average molecular weight is 296 g/mol. The third-order valence-corrected chi connectivity index (χ3v) is 3.43. The van der Waals surface area contributed by atoms with Gasteiger partial charge in [-0.25, -0.2) is 0 Å². The molecule has 19 heavy (non-hydrogen) atoms. The fraction of sp³-hybridized carbons (Fsp3) is 0.200. The summed E-state index contributed by atoms with van der Waals surface area (Å²) in [4.78, 5) is 0. The second-order valence-electron chi connectivity index (χ2n) is 4.29. The summed E-state index contributed by atoms with van der Waals surface area (Å²) in [5.41, 5.74) is 3.10. The van der Waals surface area contributed by atoms with Crippen molar-refractivity contribution < 1.29 is 4.74 Å². The van der Waals surface area contributed by atoms with Gasteiger partial charge in [0.05, 0.1) is 12.8 Å². The maximum Gasteiger partial charge on any atom is 0.142 e. The van der Waals surface area contributed by atoms with Gasteiger partial charge in [0, 0.05) is 16.6 Å². The number of aryl methyl sites for hydroxylation is 1. The van der Waals surface area contributed by atoms with E-state index >= 15 is 0 Å². The Morgan fingerprint density at radius 3 is 2.58 bits per heavy atom. The first-order valence-electron chi connectivity index (χ1n) is 5.92. The number of hydrogen-bond acceptors (Lipinski definition) is 2. The van der Waals surface area contributed by atoms with Gasteiger partial charge in [-0.05, 0) is 42.3 Å². The molecule has 0 spiro atoms. The first-order valence-corrected chi connectivity index (χ1v) is 6.68. The van der Waals surface area contributed by atoms with Gasteiger partial charge in [0.1, 0.15) is 5.75 Å². The third kappa shape index (κ3) is 3.55. The van der Waals surface area contributed by atoms with Crippen molar-refractivity contribution in [3.63, 3.8) is 0 Å². The molecule has 0 unspecified atom stereocenters. The molecule has 0 saturated heterocycles. The molecule has 4 heteroatoms. The minimum absolute atomic E-state index is 0.620. The lowest BCUT2D eigenvalue weighted by molar-refractivity contribution is 0.416. The SMILES string of the molecule is COc1cc(C)ccc1NCc1ccc(Cl)cc1Cl. The van der Waals surface area contributed by atoms with Gasteiger partial charge in [0.15, 0.2) is 0 Å². The normalized spacial score (nSPS) is 10.3. The van der Waals surface area contributed by atoms with E-state index in [1.807, 2.05) is 37.3 Å². The Morgan fingerprint density at radius 2 is 1.89 bits per heavy atom. The number of anilines is 1. The lowest BCUT2D eigenvalue weighted by atomic mass is 10.2. The molecule has 0 heterocycles.